The van der Waals surface area contributed by atoms with Crippen molar-refractivity contribution in [1.82, 2.24) is 0 Å². The van der Waals surface area contributed by atoms with Crippen LogP contribution in [0, 0.1) is 15.5 Å². The van der Waals surface area contributed by atoms with Crippen LogP contribution in [0.4, 0.5) is 11.4 Å². The van der Waals surface area contributed by atoms with Gasteiger partial charge < -0.3 is 4.90 Å². The molecule has 0 atom stereocenters. The van der Waals surface area contributed by atoms with Crippen molar-refractivity contribution in [2.75, 3.05) is 18.0 Å². The fourth-order valence-electron chi connectivity index (χ4n) is 2.69. The number of hydrogen-bond donors (Lipinski definition) is 0. The minimum atomic E-state index is -0.275. The van der Waals surface area contributed by atoms with Gasteiger partial charge in [-0.2, -0.15) is 0 Å². The molecule has 104 valence electrons. The van der Waals surface area contributed by atoms with Gasteiger partial charge in [-0.1, -0.05) is 35.8 Å². The molecular weight excluding hydrogens is 308 g/mol. The van der Waals surface area contributed by atoms with Gasteiger partial charge in [0.15, 0.2) is 0 Å². The summed E-state index contributed by atoms with van der Waals surface area (Å²) in [5, 5.41) is 11.9. The number of piperidine rings is 1. The number of nitro benzene ring substituents is 1. The summed E-state index contributed by atoms with van der Waals surface area (Å²) >= 11 is 3.34. The number of rotatable bonds is 3. The maximum absolute atomic E-state index is 11.3. The van der Waals surface area contributed by atoms with Crippen molar-refractivity contribution in [2.45, 2.75) is 32.0 Å². The first-order valence-corrected chi connectivity index (χ1v) is 7.63. The van der Waals surface area contributed by atoms with E-state index in [2.05, 4.69) is 34.7 Å². The average molecular weight is 327 g/mol. The van der Waals surface area contributed by atoms with E-state index in [0.29, 0.717) is 5.33 Å². The van der Waals surface area contributed by atoms with Crippen molar-refractivity contribution < 1.29 is 4.92 Å². The van der Waals surface area contributed by atoms with E-state index in [1.165, 1.54) is 6.42 Å². The zero-order valence-electron chi connectivity index (χ0n) is 11.4. The lowest BCUT2D eigenvalue weighted by Gasteiger charge is -2.39. The quantitative estimate of drug-likeness (QED) is 0.477. The van der Waals surface area contributed by atoms with Crippen LogP contribution in [0.2, 0.25) is 0 Å². The van der Waals surface area contributed by atoms with Crippen molar-refractivity contribution in [3.05, 3.63) is 33.9 Å². The number of nitro groups is 1. The molecule has 1 saturated heterocycles. The highest BCUT2D eigenvalue weighted by molar-refractivity contribution is 9.08. The SMILES string of the molecule is CC1(C)CCCN(c2ccc(CBr)cc2[N+](=O)[O-])C1. The van der Waals surface area contributed by atoms with Crippen LogP contribution in [0.1, 0.15) is 32.3 Å². The Kier molecular flexibility index (Phi) is 4.13. The fourth-order valence-corrected chi connectivity index (χ4v) is 3.04. The minimum Gasteiger partial charge on any atom is -0.365 e. The molecule has 0 aliphatic carbocycles. The Labute approximate surface area is 122 Å². The predicted molar refractivity (Wildman–Crippen MR) is 81.0 cm³/mol. The van der Waals surface area contributed by atoms with E-state index in [9.17, 15) is 10.1 Å². The Morgan fingerprint density at radius 2 is 2.21 bits per heavy atom. The van der Waals surface area contributed by atoms with E-state index in [4.69, 9.17) is 0 Å². The summed E-state index contributed by atoms with van der Waals surface area (Å²) in [5.41, 5.74) is 2.13. The van der Waals surface area contributed by atoms with Gasteiger partial charge in [-0.15, -0.1) is 0 Å². The zero-order valence-corrected chi connectivity index (χ0v) is 12.9. The summed E-state index contributed by atoms with van der Waals surface area (Å²) in [6.45, 7) is 6.22. The van der Waals surface area contributed by atoms with Crippen molar-refractivity contribution in [2.24, 2.45) is 5.41 Å². The van der Waals surface area contributed by atoms with Gasteiger partial charge in [0.1, 0.15) is 5.69 Å². The number of halogens is 1. The highest BCUT2D eigenvalue weighted by atomic mass is 79.9. The average Bonchev–Trinajstić information content (AvgIpc) is 2.36. The van der Waals surface area contributed by atoms with Gasteiger partial charge in [-0.25, -0.2) is 0 Å². The molecule has 0 radical (unpaired) electrons. The lowest BCUT2D eigenvalue weighted by atomic mass is 9.84. The summed E-state index contributed by atoms with van der Waals surface area (Å²) in [5.74, 6) is 0. The van der Waals surface area contributed by atoms with E-state index >= 15 is 0 Å². The number of nitrogens with zero attached hydrogens (tertiary/aromatic N) is 2. The van der Waals surface area contributed by atoms with E-state index < -0.39 is 0 Å². The Morgan fingerprint density at radius 1 is 1.47 bits per heavy atom. The lowest BCUT2D eigenvalue weighted by molar-refractivity contribution is -0.384. The van der Waals surface area contributed by atoms with Gasteiger partial charge in [0.25, 0.3) is 5.69 Å². The minimum absolute atomic E-state index is 0.217. The van der Waals surface area contributed by atoms with Crippen molar-refractivity contribution in [3.63, 3.8) is 0 Å². The van der Waals surface area contributed by atoms with Crippen LogP contribution in [0.15, 0.2) is 18.2 Å². The molecule has 0 amide bonds. The third-order valence-electron chi connectivity index (χ3n) is 3.63. The largest absolute Gasteiger partial charge is 0.365 e. The smallest absolute Gasteiger partial charge is 0.292 e. The molecule has 1 aromatic carbocycles. The summed E-state index contributed by atoms with van der Waals surface area (Å²) in [6.07, 6.45) is 2.27. The van der Waals surface area contributed by atoms with Gasteiger partial charge in [0.2, 0.25) is 0 Å². The van der Waals surface area contributed by atoms with Crippen LogP contribution in [0.5, 0.6) is 0 Å². The molecule has 0 bridgehead atoms. The van der Waals surface area contributed by atoms with Crippen molar-refractivity contribution in [3.8, 4) is 0 Å². The molecule has 19 heavy (non-hydrogen) atoms. The highest BCUT2D eigenvalue weighted by Crippen LogP contribution is 2.36. The molecule has 1 heterocycles. The van der Waals surface area contributed by atoms with Crippen LogP contribution >= 0.6 is 15.9 Å². The maximum atomic E-state index is 11.3. The highest BCUT2D eigenvalue weighted by Gasteiger charge is 2.29. The van der Waals surface area contributed by atoms with Crippen LogP contribution < -0.4 is 4.90 Å². The zero-order chi connectivity index (χ0) is 14.0. The van der Waals surface area contributed by atoms with E-state index in [1.54, 1.807) is 6.07 Å². The first kappa shape index (κ1) is 14.3. The van der Waals surface area contributed by atoms with Gasteiger partial charge in [-0.3, -0.25) is 10.1 Å². The van der Waals surface area contributed by atoms with Crippen LogP contribution in [0.3, 0.4) is 0 Å². The Balaban J connectivity index is 2.35. The number of benzene rings is 1. The molecule has 1 aliphatic heterocycles. The first-order valence-electron chi connectivity index (χ1n) is 6.51. The summed E-state index contributed by atoms with van der Waals surface area (Å²) in [7, 11) is 0. The van der Waals surface area contributed by atoms with Crippen molar-refractivity contribution in [1.29, 1.82) is 0 Å². The fraction of sp³-hybridized carbons (Fsp3) is 0.571. The van der Waals surface area contributed by atoms with Gasteiger partial charge in [0.05, 0.1) is 4.92 Å². The second-order valence-corrected chi connectivity index (χ2v) is 6.46. The lowest BCUT2D eigenvalue weighted by Crippen LogP contribution is -2.40. The Hall–Kier alpha value is -1.10. The first-order chi connectivity index (χ1) is 8.93. The topological polar surface area (TPSA) is 46.4 Å². The van der Waals surface area contributed by atoms with Crippen LogP contribution in [0.25, 0.3) is 0 Å². The second-order valence-electron chi connectivity index (χ2n) is 5.90. The van der Waals surface area contributed by atoms with Crippen molar-refractivity contribution >= 4 is 27.3 Å². The molecule has 0 spiro atoms. The second kappa shape index (κ2) is 5.49. The monoisotopic (exact) mass is 326 g/mol. The molecule has 5 heteroatoms. The number of alkyl halides is 1. The standard InChI is InChI=1S/C14H19BrN2O2/c1-14(2)6-3-7-16(10-14)12-5-4-11(9-15)8-13(12)17(18)19/h4-5,8H,3,6-7,9-10H2,1-2H3. The van der Waals surface area contributed by atoms with Gasteiger partial charge >= 0.3 is 0 Å². The summed E-state index contributed by atoms with van der Waals surface area (Å²) < 4.78 is 0. The molecule has 1 fully saturated rings. The molecule has 1 aromatic rings. The molecule has 0 saturated carbocycles. The van der Waals surface area contributed by atoms with E-state index in [1.807, 2.05) is 12.1 Å². The molecule has 1 aliphatic rings. The third-order valence-corrected chi connectivity index (χ3v) is 4.28. The predicted octanol–water partition coefficient (Wildman–Crippen LogP) is 4.12. The van der Waals surface area contributed by atoms with E-state index in [-0.39, 0.29) is 16.0 Å². The number of anilines is 1. The molecule has 0 unspecified atom stereocenters. The summed E-state index contributed by atoms with van der Waals surface area (Å²) in [6, 6.07) is 5.51. The van der Waals surface area contributed by atoms with Gasteiger partial charge in [0, 0.05) is 24.5 Å². The van der Waals surface area contributed by atoms with E-state index in [0.717, 1.165) is 30.8 Å². The molecule has 0 N–H and O–H groups in total. The Bertz CT molecular complexity index is 488. The van der Waals surface area contributed by atoms with Gasteiger partial charge in [-0.05, 0) is 29.9 Å². The molecule has 2 rings (SSSR count). The molecular formula is C14H19BrN2O2. The van der Waals surface area contributed by atoms with Crippen LogP contribution in [-0.4, -0.2) is 18.0 Å². The number of hydrogen-bond acceptors (Lipinski definition) is 3. The summed E-state index contributed by atoms with van der Waals surface area (Å²) in [4.78, 5) is 13.1. The molecule has 0 aromatic heterocycles. The maximum Gasteiger partial charge on any atom is 0.292 e. The third kappa shape index (κ3) is 3.26. The molecule has 4 nitrogen and oxygen atoms in total. The normalized spacial score (nSPS) is 18.4. The van der Waals surface area contributed by atoms with Crippen LogP contribution in [-0.2, 0) is 5.33 Å². The Morgan fingerprint density at radius 3 is 2.79 bits per heavy atom.